The van der Waals surface area contributed by atoms with Gasteiger partial charge >= 0.3 is 0 Å². The molecule has 0 saturated heterocycles. The van der Waals surface area contributed by atoms with E-state index in [1.54, 1.807) is 0 Å². The molecule has 0 radical (unpaired) electrons. The summed E-state index contributed by atoms with van der Waals surface area (Å²) in [6.45, 7) is 2.33. The molecule has 1 aromatic carbocycles. The molecular weight excluding hydrogens is 265 g/mol. The van der Waals surface area contributed by atoms with Crippen molar-refractivity contribution in [1.29, 1.82) is 0 Å². The van der Waals surface area contributed by atoms with Crippen molar-refractivity contribution in [1.82, 2.24) is 5.43 Å². The summed E-state index contributed by atoms with van der Waals surface area (Å²) in [5.74, 6) is 3.97. The Hall–Kier alpha value is -1.14. The Morgan fingerprint density at radius 2 is 2.27 bits per heavy atom. The van der Waals surface area contributed by atoms with E-state index in [0.717, 1.165) is 0 Å². The third kappa shape index (κ3) is 2.66. The minimum Gasteiger partial charge on any atom is -0.382 e. The SMILES string of the molecule is CCNc1c(F)cc(Br)cc1C(=O)NN. The summed E-state index contributed by atoms with van der Waals surface area (Å²) in [4.78, 5) is 11.3. The molecule has 0 aliphatic carbocycles. The van der Waals surface area contributed by atoms with Gasteiger partial charge in [-0.25, -0.2) is 10.2 Å². The molecule has 0 aliphatic heterocycles. The van der Waals surface area contributed by atoms with Crippen LogP contribution < -0.4 is 16.6 Å². The number of hydrogen-bond acceptors (Lipinski definition) is 3. The molecule has 0 bridgehead atoms. The fraction of sp³-hybridized carbons (Fsp3) is 0.222. The molecule has 82 valence electrons. The highest BCUT2D eigenvalue weighted by molar-refractivity contribution is 9.10. The lowest BCUT2D eigenvalue weighted by Crippen LogP contribution is -2.31. The lowest BCUT2D eigenvalue weighted by atomic mass is 10.1. The molecule has 0 spiro atoms. The van der Waals surface area contributed by atoms with Crippen LogP contribution in [-0.2, 0) is 0 Å². The summed E-state index contributed by atoms with van der Waals surface area (Å²) in [5.41, 5.74) is 2.30. The second kappa shape index (κ2) is 5.09. The maximum Gasteiger partial charge on any atom is 0.267 e. The third-order valence-electron chi connectivity index (χ3n) is 1.78. The summed E-state index contributed by atoms with van der Waals surface area (Å²) >= 11 is 3.11. The lowest BCUT2D eigenvalue weighted by Gasteiger charge is -2.11. The topological polar surface area (TPSA) is 67.2 Å². The molecule has 0 aliphatic rings. The van der Waals surface area contributed by atoms with E-state index in [9.17, 15) is 9.18 Å². The molecule has 0 unspecified atom stereocenters. The van der Waals surface area contributed by atoms with Crippen LogP contribution in [0, 0.1) is 5.82 Å². The van der Waals surface area contributed by atoms with E-state index >= 15 is 0 Å². The van der Waals surface area contributed by atoms with Crippen LogP contribution in [-0.4, -0.2) is 12.5 Å². The van der Waals surface area contributed by atoms with Gasteiger partial charge < -0.3 is 5.32 Å². The smallest absolute Gasteiger partial charge is 0.267 e. The molecule has 15 heavy (non-hydrogen) atoms. The quantitative estimate of drug-likeness (QED) is 0.446. The average molecular weight is 276 g/mol. The van der Waals surface area contributed by atoms with Crippen LogP contribution in [0.4, 0.5) is 10.1 Å². The van der Waals surface area contributed by atoms with Crippen molar-refractivity contribution in [3.63, 3.8) is 0 Å². The number of nitrogen functional groups attached to an aromatic ring is 1. The van der Waals surface area contributed by atoms with Crippen LogP contribution in [0.15, 0.2) is 16.6 Å². The predicted molar refractivity (Wildman–Crippen MR) is 59.9 cm³/mol. The minimum absolute atomic E-state index is 0.156. The fourth-order valence-electron chi connectivity index (χ4n) is 1.19. The Kier molecular flexibility index (Phi) is 4.05. The van der Waals surface area contributed by atoms with Gasteiger partial charge in [-0.15, -0.1) is 0 Å². The number of carbonyl (C=O) groups excluding carboxylic acids is 1. The van der Waals surface area contributed by atoms with Gasteiger partial charge in [-0.2, -0.15) is 0 Å². The molecule has 0 atom stereocenters. The summed E-state index contributed by atoms with van der Waals surface area (Å²) in [7, 11) is 0. The molecule has 0 heterocycles. The largest absolute Gasteiger partial charge is 0.382 e. The zero-order valence-corrected chi connectivity index (χ0v) is 9.69. The highest BCUT2D eigenvalue weighted by atomic mass is 79.9. The molecule has 4 nitrogen and oxygen atoms in total. The maximum atomic E-state index is 13.5. The Labute approximate surface area is 95.1 Å². The van der Waals surface area contributed by atoms with E-state index in [1.165, 1.54) is 12.1 Å². The predicted octanol–water partition coefficient (Wildman–Crippen LogP) is 1.62. The van der Waals surface area contributed by atoms with Crippen LogP contribution in [0.5, 0.6) is 0 Å². The summed E-state index contributed by atoms with van der Waals surface area (Å²) < 4.78 is 14.0. The normalized spacial score (nSPS) is 9.87. The van der Waals surface area contributed by atoms with Gasteiger partial charge in [0, 0.05) is 11.0 Å². The van der Waals surface area contributed by atoms with Gasteiger partial charge in [0.2, 0.25) is 0 Å². The van der Waals surface area contributed by atoms with Gasteiger partial charge in [0.1, 0.15) is 5.82 Å². The number of benzene rings is 1. The molecule has 0 saturated carbocycles. The number of rotatable bonds is 3. The summed E-state index contributed by atoms with van der Waals surface area (Å²) in [6.07, 6.45) is 0. The van der Waals surface area contributed by atoms with Crippen molar-refractivity contribution in [2.45, 2.75) is 6.92 Å². The van der Waals surface area contributed by atoms with Crippen LogP contribution in [0.1, 0.15) is 17.3 Å². The van der Waals surface area contributed by atoms with Gasteiger partial charge in [-0.3, -0.25) is 10.2 Å². The Bertz CT molecular complexity index is 384. The van der Waals surface area contributed by atoms with Crippen LogP contribution in [0.25, 0.3) is 0 Å². The molecule has 0 aromatic heterocycles. The van der Waals surface area contributed by atoms with Crippen molar-refractivity contribution in [2.75, 3.05) is 11.9 Å². The zero-order chi connectivity index (χ0) is 11.4. The van der Waals surface area contributed by atoms with Gasteiger partial charge in [-0.1, -0.05) is 15.9 Å². The van der Waals surface area contributed by atoms with E-state index in [2.05, 4.69) is 21.2 Å². The second-order valence-electron chi connectivity index (χ2n) is 2.81. The first-order chi connectivity index (χ1) is 7.10. The Balaban J connectivity index is 3.26. The number of nitrogens with one attached hydrogen (secondary N) is 2. The van der Waals surface area contributed by atoms with Crippen molar-refractivity contribution < 1.29 is 9.18 Å². The number of carbonyl (C=O) groups is 1. The monoisotopic (exact) mass is 275 g/mol. The number of amides is 1. The average Bonchev–Trinajstić information content (AvgIpc) is 2.20. The lowest BCUT2D eigenvalue weighted by molar-refractivity contribution is 0.0954. The zero-order valence-electron chi connectivity index (χ0n) is 8.10. The standard InChI is InChI=1S/C9H11BrFN3O/c1-2-13-8-6(9(15)14-12)3-5(10)4-7(8)11/h3-4,13H,2,12H2,1H3,(H,14,15). The van der Waals surface area contributed by atoms with E-state index in [1.807, 2.05) is 12.3 Å². The van der Waals surface area contributed by atoms with Crippen LogP contribution in [0.3, 0.4) is 0 Å². The number of nitrogens with two attached hydrogens (primary N) is 1. The van der Waals surface area contributed by atoms with E-state index < -0.39 is 11.7 Å². The molecule has 6 heteroatoms. The van der Waals surface area contributed by atoms with Crippen LogP contribution >= 0.6 is 15.9 Å². The summed E-state index contributed by atoms with van der Waals surface area (Å²) in [5, 5.41) is 2.77. The van der Waals surface area contributed by atoms with Gasteiger partial charge in [0.15, 0.2) is 0 Å². The number of hydrazine groups is 1. The first-order valence-corrected chi connectivity index (χ1v) is 5.13. The number of halogens is 2. The molecule has 4 N–H and O–H groups in total. The van der Waals surface area contributed by atoms with Crippen molar-refractivity contribution in [3.8, 4) is 0 Å². The number of hydrogen-bond donors (Lipinski definition) is 3. The molecule has 0 fully saturated rings. The highest BCUT2D eigenvalue weighted by Gasteiger charge is 2.15. The first-order valence-electron chi connectivity index (χ1n) is 4.34. The summed E-state index contributed by atoms with van der Waals surface area (Å²) in [6, 6.07) is 2.79. The maximum absolute atomic E-state index is 13.5. The van der Waals surface area contributed by atoms with Crippen molar-refractivity contribution >= 4 is 27.5 Å². The van der Waals surface area contributed by atoms with E-state index in [-0.39, 0.29) is 11.3 Å². The fourth-order valence-corrected chi connectivity index (χ4v) is 1.62. The van der Waals surface area contributed by atoms with Gasteiger partial charge in [-0.05, 0) is 19.1 Å². The highest BCUT2D eigenvalue weighted by Crippen LogP contribution is 2.24. The second-order valence-corrected chi connectivity index (χ2v) is 3.73. The Morgan fingerprint density at radius 1 is 1.60 bits per heavy atom. The molecule has 1 amide bonds. The Morgan fingerprint density at radius 3 is 2.80 bits per heavy atom. The molecule has 1 rings (SSSR count). The third-order valence-corrected chi connectivity index (χ3v) is 2.24. The van der Waals surface area contributed by atoms with Crippen molar-refractivity contribution in [2.24, 2.45) is 5.84 Å². The van der Waals surface area contributed by atoms with Gasteiger partial charge in [0.05, 0.1) is 11.3 Å². The first kappa shape index (κ1) is 11.9. The van der Waals surface area contributed by atoms with Gasteiger partial charge in [0.25, 0.3) is 5.91 Å². The minimum atomic E-state index is -0.536. The van der Waals surface area contributed by atoms with Crippen molar-refractivity contribution in [3.05, 3.63) is 28.0 Å². The van der Waals surface area contributed by atoms with E-state index in [4.69, 9.17) is 5.84 Å². The number of anilines is 1. The molecular formula is C9H11BrFN3O. The van der Waals surface area contributed by atoms with Crippen LogP contribution in [0.2, 0.25) is 0 Å². The van der Waals surface area contributed by atoms with E-state index in [0.29, 0.717) is 11.0 Å². The molecule has 1 aromatic rings.